The van der Waals surface area contributed by atoms with Crippen molar-refractivity contribution in [1.29, 1.82) is 0 Å². The van der Waals surface area contributed by atoms with Crippen molar-refractivity contribution in [2.75, 3.05) is 13.2 Å². The van der Waals surface area contributed by atoms with Gasteiger partial charge in [-0.2, -0.15) is 4.31 Å². The minimum atomic E-state index is -3.86. The minimum Gasteiger partial charge on any atom is -0.375 e. The molecule has 21 heavy (non-hydrogen) atoms. The van der Waals surface area contributed by atoms with E-state index in [9.17, 15) is 12.8 Å². The highest BCUT2D eigenvalue weighted by atomic mass is 32.2. The van der Waals surface area contributed by atoms with Crippen molar-refractivity contribution in [3.8, 4) is 0 Å². The third-order valence-corrected chi connectivity index (χ3v) is 6.19. The Morgan fingerprint density at radius 3 is 2.95 bits per heavy atom. The minimum absolute atomic E-state index is 0.0609. The van der Waals surface area contributed by atoms with Crippen molar-refractivity contribution < 1.29 is 17.5 Å². The summed E-state index contributed by atoms with van der Waals surface area (Å²) in [6.45, 7) is 0.812. The van der Waals surface area contributed by atoms with E-state index in [0.717, 1.165) is 19.3 Å². The van der Waals surface area contributed by atoms with Crippen molar-refractivity contribution in [3.05, 3.63) is 29.6 Å². The monoisotopic (exact) mass is 314 g/mol. The predicted octanol–water partition coefficient (Wildman–Crippen LogP) is 1.23. The average molecular weight is 314 g/mol. The summed E-state index contributed by atoms with van der Waals surface area (Å²) in [7, 11) is -3.86. The van der Waals surface area contributed by atoms with Gasteiger partial charge < -0.3 is 10.5 Å². The second-order valence-corrected chi connectivity index (χ2v) is 7.35. The lowest BCUT2D eigenvalue weighted by Crippen LogP contribution is -2.51. The molecule has 1 aromatic carbocycles. The fraction of sp³-hybridized carbons (Fsp3) is 0.571. The van der Waals surface area contributed by atoms with E-state index in [1.165, 1.54) is 22.5 Å². The second-order valence-electron chi connectivity index (χ2n) is 5.49. The summed E-state index contributed by atoms with van der Waals surface area (Å²) in [6.07, 6.45) is 2.51. The Labute approximate surface area is 123 Å². The van der Waals surface area contributed by atoms with Gasteiger partial charge in [0.15, 0.2) is 0 Å². The highest BCUT2D eigenvalue weighted by molar-refractivity contribution is 7.89. The Morgan fingerprint density at radius 1 is 1.38 bits per heavy atom. The first-order valence-electron chi connectivity index (χ1n) is 7.16. The van der Waals surface area contributed by atoms with Crippen LogP contribution in [0.3, 0.4) is 0 Å². The van der Waals surface area contributed by atoms with E-state index in [4.69, 9.17) is 10.5 Å². The van der Waals surface area contributed by atoms with Gasteiger partial charge in [-0.15, -0.1) is 0 Å². The van der Waals surface area contributed by atoms with Gasteiger partial charge in [-0.3, -0.25) is 0 Å². The lowest BCUT2D eigenvalue weighted by Gasteiger charge is -2.36. The molecule has 116 valence electrons. The maximum atomic E-state index is 14.0. The van der Waals surface area contributed by atoms with E-state index in [2.05, 4.69) is 0 Å². The standard InChI is InChI=1S/C14H19FN2O3S/c15-11-5-4-10(9-16)8-14(11)21(18,19)17-6-7-20-13-3-1-2-12(13)17/h4-5,8,12-13H,1-3,6-7,9,16H2. The molecule has 0 spiro atoms. The molecule has 2 aliphatic rings. The number of morpholine rings is 1. The van der Waals surface area contributed by atoms with Crippen LogP contribution in [-0.4, -0.2) is 38.0 Å². The Morgan fingerprint density at radius 2 is 2.19 bits per heavy atom. The molecule has 2 fully saturated rings. The molecular formula is C14H19FN2O3S. The van der Waals surface area contributed by atoms with Gasteiger partial charge in [0.25, 0.3) is 0 Å². The second kappa shape index (κ2) is 5.64. The fourth-order valence-corrected chi connectivity index (χ4v) is 4.97. The Balaban J connectivity index is 2.00. The van der Waals surface area contributed by atoms with E-state index in [1.807, 2.05) is 0 Å². The normalized spacial score (nSPS) is 26.8. The number of nitrogens with zero attached hydrogens (tertiary/aromatic N) is 1. The third-order valence-electron chi connectivity index (χ3n) is 4.25. The number of ether oxygens (including phenoxy) is 1. The molecule has 0 aromatic heterocycles. The number of halogens is 1. The number of nitrogens with two attached hydrogens (primary N) is 1. The molecule has 1 aromatic rings. The van der Waals surface area contributed by atoms with Gasteiger partial charge in [-0.05, 0) is 37.0 Å². The Kier molecular flexibility index (Phi) is 4.00. The number of rotatable bonds is 3. The SMILES string of the molecule is NCc1ccc(F)c(S(=O)(=O)N2CCOC3CCCC32)c1. The smallest absolute Gasteiger partial charge is 0.246 e. The molecule has 2 N–H and O–H groups in total. The molecule has 7 heteroatoms. The number of benzene rings is 1. The van der Waals surface area contributed by atoms with Crippen LogP contribution in [0.4, 0.5) is 4.39 Å². The summed E-state index contributed by atoms with van der Waals surface area (Å²) in [5.41, 5.74) is 6.13. The molecule has 0 amide bonds. The molecular weight excluding hydrogens is 295 g/mol. The van der Waals surface area contributed by atoms with Crippen LogP contribution >= 0.6 is 0 Å². The van der Waals surface area contributed by atoms with Crippen LogP contribution in [0.1, 0.15) is 24.8 Å². The highest BCUT2D eigenvalue weighted by Gasteiger charge is 2.43. The van der Waals surface area contributed by atoms with Crippen molar-refractivity contribution >= 4 is 10.0 Å². The summed E-state index contributed by atoms with van der Waals surface area (Å²) in [4.78, 5) is -0.280. The first-order chi connectivity index (χ1) is 10.0. The van der Waals surface area contributed by atoms with Crippen molar-refractivity contribution in [3.63, 3.8) is 0 Å². The zero-order valence-corrected chi connectivity index (χ0v) is 12.5. The maximum absolute atomic E-state index is 14.0. The van der Waals surface area contributed by atoms with Crippen LogP contribution in [0.25, 0.3) is 0 Å². The summed E-state index contributed by atoms with van der Waals surface area (Å²) < 4.78 is 46.7. The zero-order chi connectivity index (χ0) is 15.0. The molecule has 3 rings (SSSR count). The molecule has 1 aliphatic carbocycles. The first-order valence-corrected chi connectivity index (χ1v) is 8.60. The number of hydrogen-bond acceptors (Lipinski definition) is 4. The molecule has 0 radical (unpaired) electrons. The summed E-state index contributed by atoms with van der Waals surface area (Å²) in [5, 5.41) is 0. The topological polar surface area (TPSA) is 72.6 Å². The predicted molar refractivity (Wildman–Crippen MR) is 75.6 cm³/mol. The van der Waals surface area contributed by atoms with Gasteiger partial charge in [0, 0.05) is 13.1 Å². The molecule has 1 saturated carbocycles. The number of hydrogen-bond donors (Lipinski definition) is 1. The van der Waals surface area contributed by atoms with Crippen LogP contribution in [0, 0.1) is 5.82 Å². The van der Waals surface area contributed by atoms with Crippen LogP contribution in [0.2, 0.25) is 0 Å². The van der Waals surface area contributed by atoms with Gasteiger partial charge in [0.05, 0.1) is 18.8 Å². The van der Waals surface area contributed by atoms with Gasteiger partial charge in [-0.25, -0.2) is 12.8 Å². The fourth-order valence-electron chi connectivity index (χ4n) is 3.19. The number of sulfonamides is 1. The van der Waals surface area contributed by atoms with E-state index in [0.29, 0.717) is 12.2 Å². The first kappa shape index (κ1) is 14.9. The van der Waals surface area contributed by atoms with E-state index >= 15 is 0 Å². The average Bonchev–Trinajstić information content (AvgIpc) is 2.95. The molecule has 1 saturated heterocycles. The van der Waals surface area contributed by atoms with Gasteiger partial charge in [-0.1, -0.05) is 6.07 Å². The quantitative estimate of drug-likeness (QED) is 0.911. The molecule has 2 atom stereocenters. The summed E-state index contributed by atoms with van der Waals surface area (Å²) >= 11 is 0. The van der Waals surface area contributed by atoms with Crippen LogP contribution in [0.5, 0.6) is 0 Å². The zero-order valence-electron chi connectivity index (χ0n) is 11.7. The van der Waals surface area contributed by atoms with E-state index in [-0.39, 0.29) is 30.1 Å². The van der Waals surface area contributed by atoms with Crippen LogP contribution in [-0.2, 0) is 21.3 Å². The van der Waals surface area contributed by atoms with Crippen LogP contribution in [0.15, 0.2) is 23.1 Å². The lowest BCUT2D eigenvalue weighted by molar-refractivity contribution is -0.0242. The van der Waals surface area contributed by atoms with E-state index < -0.39 is 15.8 Å². The highest BCUT2D eigenvalue weighted by Crippen LogP contribution is 2.34. The van der Waals surface area contributed by atoms with E-state index in [1.54, 1.807) is 0 Å². The molecule has 1 aliphatic heterocycles. The third kappa shape index (κ3) is 2.59. The summed E-state index contributed by atoms with van der Waals surface area (Å²) in [6, 6.07) is 3.84. The van der Waals surface area contributed by atoms with Crippen molar-refractivity contribution in [2.45, 2.75) is 42.8 Å². The Bertz CT molecular complexity index is 635. The van der Waals surface area contributed by atoms with Gasteiger partial charge >= 0.3 is 0 Å². The van der Waals surface area contributed by atoms with Gasteiger partial charge in [0.1, 0.15) is 10.7 Å². The molecule has 5 nitrogen and oxygen atoms in total. The van der Waals surface area contributed by atoms with Crippen LogP contribution < -0.4 is 5.73 Å². The summed E-state index contributed by atoms with van der Waals surface area (Å²) in [5.74, 6) is -0.728. The Hall–Kier alpha value is -1.02. The van der Waals surface area contributed by atoms with Gasteiger partial charge in [0.2, 0.25) is 10.0 Å². The van der Waals surface area contributed by atoms with Crippen molar-refractivity contribution in [2.24, 2.45) is 5.73 Å². The molecule has 1 heterocycles. The van der Waals surface area contributed by atoms with Crippen molar-refractivity contribution in [1.82, 2.24) is 4.31 Å². The lowest BCUT2D eigenvalue weighted by atomic mass is 10.2. The largest absolute Gasteiger partial charge is 0.375 e. The number of fused-ring (bicyclic) bond motifs is 1. The molecule has 0 bridgehead atoms. The maximum Gasteiger partial charge on any atom is 0.246 e. The molecule has 2 unspecified atom stereocenters.